The second kappa shape index (κ2) is 6.10. The van der Waals surface area contributed by atoms with Crippen molar-refractivity contribution in [1.29, 1.82) is 0 Å². The normalized spacial score (nSPS) is 13.4. The van der Waals surface area contributed by atoms with Crippen molar-refractivity contribution in [3.05, 3.63) is 11.4 Å². The van der Waals surface area contributed by atoms with Crippen molar-refractivity contribution < 1.29 is 28.2 Å². The van der Waals surface area contributed by atoms with E-state index in [2.05, 4.69) is 14.9 Å². The van der Waals surface area contributed by atoms with Gasteiger partial charge in [-0.1, -0.05) is 0 Å². The molecule has 1 rings (SSSR count). The Bertz CT molecular complexity index is 552. The van der Waals surface area contributed by atoms with Crippen molar-refractivity contribution in [2.75, 3.05) is 20.3 Å². The van der Waals surface area contributed by atoms with Crippen molar-refractivity contribution in [2.45, 2.75) is 17.9 Å². The summed E-state index contributed by atoms with van der Waals surface area (Å²) >= 11 is 0. The molecule has 0 aliphatic carbocycles. The molecule has 19 heavy (non-hydrogen) atoms. The largest absolute Gasteiger partial charge is 0.476 e. The Morgan fingerprint density at radius 2 is 2.21 bits per heavy atom. The van der Waals surface area contributed by atoms with E-state index in [1.54, 1.807) is 0 Å². The molecule has 0 amide bonds. The fourth-order valence-electron chi connectivity index (χ4n) is 1.50. The first-order valence-electron chi connectivity index (χ1n) is 5.23. The number of aliphatic hydroxyl groups excluding tert-OH is 1. The lowest BCUT2D eigenvalue weighted by molar-refractivity contribution is 0.0686. The van der Waals surface area contributed by atoms with Crippen molar-refractivity contribution >= 4 is 16.0 Å². The molecule has 0 radical (unpaired) electrons. The molecule has 0 aliphatic heterocycles. The number of ether oxygens (including phenoxy) is 1. The van der Waals surface area contributed by atoms with Crippen LogP contribution in [0.3, 0.4) is 0 Å². The average molecular weight is 293 g/mol. The third-order valence-corrected chi connectivity index (χ3v) is 3.95. The molecule has 9 nitrogen and oxygen atoms in total. The Hall–Kier alpha value is -1.49. The van der Waals surface area contributed by atoms with Gasteiger partial charge in [-0.15, -0.1) is 0 Å². The van der Waals surface area contributed by atoms with E-state index in [-0.39, 0.29) is 12.3 Å². The average Bonchev–Trinajstić information content (AvgIpc) is 2.71. The zero-order valence-corrected chi connectivity index (χ0v) is 11.2. The number of hydrogen-bond acceptors (Lipinski definition) is 6. The maximum absolute atomic E-state index is 12.1. The number of hydrogen-bond donors (Lipinski definition) is 4. The van der Waals surface area contributed by atoms with Gasteiger partial charge in [-0.25, -0.2) is 17.9 Å². The number of aromatic carboxylic acids is 1. The number of nitrogens with zero attached hydrogens (tertiary/aromatic N) is 1. The molecule has 1 aromatic rings. The molecule has 0 spiro atoms. The maximum Gasteiger partial charge on any atom is 0.357 e. The smallest absolute Gasteiger partial charge is 0.357 e. The van der Waals surface area contributed by atoms with E-state index in [1.807, 2.05) is 0 Å². The number of sulfonamides is 1. The molecule has 0 bridgehead atoms. The zero-order valence-electron chi connectivity index (χ0n) is 10.4. The molecule has 0 aromatic carbocycles. The monoisotopic (exact) mass is 293 g/mol. The van der Waals surface area contributed by atoms with Crippen LogP contribution in [0.15, 0.2) is 4.90 Å². The van der Waals surface area contributed by atoms with Crippen LogP contribution in [0, 0.1) is 6.92 Å². The summed E-state index contributed by atoms with van der Waals surface area (Å²) in [5.41, 5.74) is -0.502. The molecule has 1 heterocycles. The van der Waals surface area contributed by atoms with Crippen LogP contribution in [0.4, 0.5) is 0 Å². The molecule has 0 saturated carbocycles. The summed E-state index contributed by atoms with van der Waals surface area (Å²) in [6, 6.07) is -0.869. The molecule has 0 aliphatic rings. The fourth-order valence-corrected chi connectivity index (χ4v) is 3.03. The van der Waals surface area contributed by atoms with E-state index in [0.29, 0.717) is 0 Å². The zero-order chi connectivity index (χ0) is 14.6. The van der Waals surface area contributed by atoms with Gasteiger partial charge >= 0.3 is 5.97 Å². The first-order valence-corrected chi connectivity index (χ1v) is 6.72. The van der Waals surface area contributed by atoms with Crippen molar-refractivity contribution in [3.8, 4) is 0 Å². The van der Waals surface area contributed by atoms with Crippen LogP contribution in [0.25, 0.3) is 0 Å². The number of carboxylic acid groups (broad SMARTS) is 1. The molecular weight excluding hydrogens is 278 g/mol. The van der Waals surface area contributed by atoms with Gasteiger partial charge in [0.2, 0.25) is 10.0 Å². The standard InChI is InChI=1S/C9H15N3O6S/c1-5-8(7(9(14)15)11-10-5)19(16,17)12-6(3-13)4-18-2/h6,12-13H,3-4H2,1-2H3,(H,10,11)(H,14,15). The summed E-state index contributed by atoms with van der Waals surface area (Å²) in [6.07, 6.45) is 0. The Morgan fingerprint density at radius 1 is 1.58 bits per heavy atom. The lowest BCUT2D eigenvalue weighted by Crippen LogP contribution is -2.41. The minimum Gasteiger partial charge on any atom is -0.476 e. The van der Waals surface area contributed by atoms with Crippen LogP contribution >= 0.6 is 0 Å². The third kappa shape index (κ3) is 3.50. The SMILES string of the molecule is COCC(CO)NS(=O)(=O)c1c(C(=O)O)n[nH]c1C. The number of carboxylic acids is 1. The van der Waals surface area contributed by atoms with Crippen molar-refractivity contribution in [3.63, 3.8) is 0 Å². The Morgan fingerprint density at radius 3 is 2.68 bits per heavy atom. The van der Waals surface area contributed by atoms with E-state index in [9.17, 15) is 13.2 Å². The van der Waals surface area contributed by atoms with E-state index in [1.165, 1.54) is 14.0 Å². The number of aromatic nitrogens is 2. The number of methoxy groups -OCH3 is 1. The van der Waals surface area contributed by atoms with Crippen LogP contribution in [-0.4, -0.2) is 61.2 Å². The molecule has 10 heteroatoms. The number of aromatic amines is 1. The van der Waals surface area contributed by atoms with Gasteiger partial charge in [0.15, 0.2) is 5.69 Å². The Kier molecular flexibility index (Phi) is 5.00. The summed E-state index contributed by atoms with van der Waals surface area (Å²) < 4.78 is 31.1. The second-order valence-corrected chi connectivity index (χ2v) is 5.44. The first kappa shape index (κ1) is 15.6. The van der Waals surface area contributed by atoms with Crippen LogP contribution < -0.4 is 4.72 Å². The predicted octanol–water partition coefficient (Wildman–Crippen LogP) is -1.30. The quantitative estimate of drug-likeness (QED) is 0.489. The number of aryl methyl sites for hydroxylation is 1. The lowest BCUT2D eigenvalue weighted by Gasteiger charge is -2.15. The van der Waals surface area contributed by atoms with Crippen LogP contribution in [0.1, 0.15) is 16.2 Å². The lowest BCUT2D eigenvalue weighted by atomic mass is 10.4. The maximum atomic E-state index is 12.1. The van der Waals surface area contributed by atoms with Crippen LogP contribution in [0.2, 0.25) is 0 Å². The van der Waals surface area contributed by atoms with Crippen molar-refractivity contribution in [2.24, 2.45) is 0 Å². The molecule has 0 fully saturated rings. The number of H-pyrrole nitrogens is 1. The number of aliphatic hydroxyl groups is 1. The van der Waals surface area contributed by atoms with Gasteiger partial charge in [0.25, 0.3) is 0 Å². The molecule has 1 aromatic heterocycles. The number of nitrogens with one attached hydrogen (secondary N) is 2. The van der Waals surface area contributed by atoms with Crippen molar-refractivity contribution in [1.82, 2.24) is 14.9 Å². The molecular formula is C9H15N3O6S. The predicted molar refractivity (Wildman–Crippen MR) is 63.4 cm³/mol. The van der Waals surface area contributed by atoms with Crippen LogP contribution in [0.5, 0.6) is 0 Å². The van der Waals surface area contributed by atoms with E-state index < -0.39 is 39.2 Å². The highest BCUT2D eigenvalue weighted by Crippen LogP contribution is 2.17. The van der Waals surface area contributed by atoms with Gasteiger partial charge in [-0.2, -0.15) is 5.10 Å². The molecule has 1 atom stereocenters. The highest BCUT2D eigenvalue weighted by Gasteiger charge is 2.30. The summed E-state index contributed by atoms with van der Waals surface area (Å²) in [5.74, 6) is -1.46. The minimum absolute atomic E-state index is 0.0466. The third-order valence-electron chi connectivity index (χ3n) is 2.27. The number of carbonyl (C=O) groups is 1. The summed E-state index contributed by atoms with van der Waals surface area (Å²) in [5, 5.41) is 23.6. The minimum atomic E-state index is -4.12. The van der Waals surface area contributed by atoms with E-state index in [4.69, 9.17) is 14.9 Å². The molecule has 108 valence electrons. The number of rotatable bonds is 7. The Balaban J connectivity index is 3.13. The molecule has 0 saturated heterocycles. The van der Waals surface area contributed by atoms with Gasteiger partial charge in [0, 0.05) is 7.11 Å². The Labute approximate surface area is 109 Å². The van der Waals surface area contributed by atoms with Gasteiger partial charge in [-0.05, 0) is 6.92 Å². The summed E-state index contributed by atoms with van der Waals surface area (Å²) in [7, 11) is -2.77. The van der Waals surface area contributed by atoms with Crippen LogP contribution in [-0.2, 0) is 14.8 Å². The molecule has 4 N–H and O–H groups in total. The summed E-state index contributed by atoms with van der Waals surface area (Å²) in [6.45, 7) is 0.861. The van der Waals surface area contributed by atoms with Gasteiger partial charge in [-0.3, -0.25) is 5.10 Å². The highest BCUT2D eigenvalue weighted by atomic mass is 32.2. The van der Waals surface area contributed by atoms with E-state index >= 15 is 0 Å². The topological polar surface area (TPSA) is 142 Å². The highest BCUT2D eigenvalue weighted by molar-refractivity contribution is 7.89. The second-order valence-electron chi connectivity index (χ2n) is 3.79. The van der Waals surface area contributed by atoms with Gasteiger partial charge in [0.05, 0.1) is 24.9 Å². The van der Waals surface area contributed by atoms with Gasteiger partial charge in [0.1, 0.15) is 4.90 Å². The van der Waals surface area contributed by atoms with Gasteiger partial charge < -0.3 is 14.9 Å². The first-order chi connectivity index (χ1) is 8.83. The molecule has 1 unspecified atom stereocenters. The van der Waals surface area contributed by atoms with E-state index in [0.717, 1.165) is 0 Å². The summed E-state index contributed by atoms with van der Waals surface area (Å²) in [4.78, 5) is 10.5. The fraction of sp³-hybridized carbons (Fsp3) is 0.556.